The molecular formula is C15H19NO2. The number of fused-ring (bicyclic) bond motifs is 1. The molecule has 0 amide bonds. The highest BCUT2D eigenvalue weighted by Gasteiger charge is 2.33. The van der Waals surface area contributed by atoms with E-state index in [1.54, 1.807) is 13.8 Å². The van der Waals surface area contributed by atoms with E-state index in [2.05, 4.69) is 24.0 Å². The smallest absolute Gasteiger partial charge is 0.313 e. The number of aromatic nitrogens is 1. The van der Waals surface area contributed by atoms with E-state index >= 15 is 0 Å². The average Bonchev–Trinajstić information content (AvgIpc) is 2.63. The van der Waals surface area contributed by atoms with Gasteiger partial charge in [0.1, 0.15) is 0 Å². The SMILES string of the molecule is CCc1ccc2[nH]c(C)c(C(C)(C)C(=O)O)c2c1. The van der Waals surface area contributed by atoms with Crippen LogP contribution in [0.2, 0.25) is 0 Å². The van der Waals surface area contributed by atoms with Crippen molar-refractivity contribution in [3.05, 3.63) is 35.0 Å². The van der Waals surface area contributed by atoms with Gasteiger partial charge in [-0.3, -0.25) is 4.79 Å². The Morgan fingerprint density at radius 2 is 2.06 bits per heavy atom. The van der Waals surface area contributed by atoms with Crippen LogP contribution in [0.25, 0.3) is 10.9 Å². The Morgan fingerprint density at radius 3 is 2.61 bits per heavy atom. The highest BCUT2D eigenvalue weighted by atomic mass is 16.4. The quantitative estimate of drug-likeness (QED) is 0.870. The summed E-state index contributed by atoms with van der Waals surface area (Å²) < 4.78 is 0. The maximum atomic E-state index is 11.5. The van der Waals surface area contributed by atoms with Crippen LogP contribution in [0.4, 0.5) is 0 Å². The fourth-order valence-electron chi connectivity index (χ4n) is 2.51. The molecule has 2 aromatic rings. The second-order valence-electron chi connectivity index (χ2n) is 5.29. The maximum absolute atomic E-state index is 11.5. The number of carbonyl (C=O) groups is 1. The molecule has 0 radical (unpaired) electrons. The Kier molecular flexibility index (Phi) is 2.93. The van der Waals surface area contributed by atoms with Gasteiger partial charge in [-0.2, -0.15) is 0 Å². The van der Waals surface area contributed by atoms with Crippen LogP contribution in [-0.4, -0.2) is 16.1 Å². The molecule has 0 fully saturated rings. The maximum Gasteiger partial charge on any atom is 0.313 e. The van der Waals surface area contributed by atoms with Crippen LogP contribution < -0.4 is 0 Å². The zero-order valence-corrected chi connectivity index (χ0v) is 11.3. The molecule has 0 saturated carbocycles. The van der Waals surface area contributed by atoms with E-state index in [0.717, 1.165) is 28.6 Å². The molecule has 0 spiro atoms. The van der Waals surface area contributed by atoms with Crippen molar-refractivity contribution in [3.63, 3.8) is 0 Å². The first kappa shape index (κ1) is 12.7. The molecule has 0 aliphatic rings. The minimum absolute atomic E-state index is 0.798. The predicted octanol–water partition coefficient (Wildman–Crippen LogP) is 3.40. The predicted molar refractivity (Wildman–Crippen MR) is 73.1 cm³/mol. The van der Waals surface area contributed by atoms with Gasteiger partial charge in [0.05, 0.1) is 5.41 Å². The molecule has 3 heteroatoms. The number of rotatable bonds is 3. The standard InChI is InChI=1S/C15H19NO2/c1-5-10-6-7-12-11(8-10)13(9(2)16-12)15(3,4)14(17)18/h6-8,16H,5H2,1-4H3,(H,17,18). The number of aliphatic carboxylic acids is 1. The zero-order chi connectivity index (χ0) is 13.5. The summed E-state index contributed by atoms with van der Waals surface area (Å²) in [6.45, 7) is 7.54. The molecule has 0 aliphatic heterocycles. The van der Waals surface area contributed by atoms with Gasteiger partial charge in [-0.1, -0.05) is 13.0 Å². The van der Waals surface area contributed by atoms with E-state index < -0.39 is 11.4 Å². The van der Waals surface area contributed by atoms with Gasteiger partial charge in [0, 0.05) is 16.6 Å². The lowest BCUT2D eigenvalue weighted by molar-refractivity contribution is -0.142. The molecule has 0 bridgehead atoms. The summed E-state index contributed by atoms with van der Waals surface area (Å²) in [4.78, 5) is 14.7. The van der Waals surface area contributed by atoms with Crippen molar-refractivity contribution in [2.45, 2.75) is 39.5 Å². The summed E-state index contributed by atoms with van der Waals surface area (Å²) in [5.41, 5.74) is 3.18. The molecule has 0 unspecified atom stereocenters. The van der Waals surface area contributed by atoms with Crippen molar-refractivity contribution in [3.8, 4) is 0 Å². The van der Waals surface area contributed by atoms with E-state index in [4.69, 9.17) is 0 Å². The molecule has 2 rings (SSSR count). The molecule has 0 aliphatic carbocycles. The van der Waals surface area contributed by atoms with Crippen molar-refractivity contribution in [1.29, 1.82) is 0 Å². The summed E-state index contributed by atoms with van der Waals surface area (Å²) in [6, 6.07) is 6.21. The van der Waals surface area contributed by atoms with Crippen LogP contribution in [0.1, 0.15) is 37.6 Å². The number of carboxylic acids is 1. The molecule has 96 valence electrons. The number of hydrogen-bond donors (Lipinski definition) is 2. The summed E-state index contributed by atoms with van der Waals surface area (Å²) in [6.07, 6.45) is 0.951. The van der Waals surface area contributed by atoms with Crippen LogP contribution in [0, 0.1) is 6.92 Å². The summed E-state index contributed by atoms with van der Waals surface area (Å²) in [7, 11) is 0. The molecule has 3 nitrogen and oxygen atoms in total. The van der Waals surface area contributed by atoms with Gasteiger partial charge in [0.25, 0.3) is 0 Å². The summed E-state index contributed by atoms with van der Waals surface area (Å²) in [5.74, 6) is -0.798. The number of nitrogens with one attached hydrogen (secondary N) is 1. The van der Waals surface area contributed by atoms with E-state index in [0.29, 0.717) is 0 Å². The monoisotopic (exact) mass is 245 g/mol. The van der Waals surface area contributed by atoms with E-state index in [1.165, 1.54) is 5.56 Å². The van der Waals surface area contributed by atoms with Gasteiger partial charge >= 0.3 is 5.97 Å². The van der Waals surface area contributed by atoms with Crippen LogP contribution in [-0.2, 0) is 16.6 Å². The Morgan fingerprint density at radius 1 is 1.39 bits per heavy atom. The Hall–Kier alpha value is -1.77. The first-order valence-corrected chi connectivity index (χ1v) is 6.23. The number of benzene rings is 1. The lowest BCUT2D eigenvalue weighted by atomic mass is 9.82. The van der Waals surface area contributed by atoms with Gasteiger partial charge in [0.15, 0.2) is 0 Å². The van der Waals surface area contributed by atoms with E-state index in [-0.39, 0.29) is 0 Å². The molecule has 1 heterocycles. The third-order valence-corrected chi connectivity index (χ3v) is 3.62. The molecule has 2 N–H and O–H groups in total. The topological polar surface area (TPSA) is 53.1 Å². The third-order valence-electron chi connectivity index (χ3n) is 3.62. The fourth-order valence-corrected chi connectivity index (χ4v) is 2.51. The zero-order valence-electron chi connectivity index (χ0n) is 11.3. The lowest BCUT2D eigenvalue weighted by Gasteiger charge is -2.20. The lowest BCUT2D eigenvalue weighted by Crippen LogP contribution is -2.29. The van der Waals surface area contributed by atoms with Crippen LogP contribution in [0.5, 0.6) is 0 Å². The number of aromatic amines is 1. The van der Waals surface area contributed by atoms with Crippen molar-refractivity contribution in [2.24, 2.45) is 0 Å². The first-order chi connectivity index (χ1) is 8.37. The van der Waals surface area contributed by atoms with Gasteiger partial charge in [0.2, 0.25) is 0 Å². The number of carboxylic acid groups (broad SMARTS) is 1. The van der Waals surface area contributed by atoms with Crippen LogP contribution in [0.15, 0.2) is 18.2 Å². The van der Waals surface area contributed by atoms with E-state index in [1.807, 2.05) is 13.0 Å². The molecule has 0 atom stereocenters. The van der Waals surface area contributed by atoms with Crippen LogP contribution in [0.3, 0.4) is 0 Å². The van der Waals surface area contributed by atoms with Gasteiger partial charge in [-0.25, -0.2) is 0 Å². The van der Waals surface area contributed by atoms with Gasteiger partial charge < -0.3 is 10.1 Å². The van der Waals surface area contributed by atoms with Crippen molar-refractivity contribution >= 4 is 16.9 Å². The first-order valence-electron chi connectivity index (χ1n) is 6.23. The van der Waals surface area contributed by atoms with Crippen LogP contribution >= 0.6 is 0 Å². The van der Waals surface area contributed by atoms with Crippen molar-refractivity contribution in [2.75, 3.05) is 0 Å². The molecular weight excluding hydrogens is 226 g/mol. The highest BCUT2D eigenvalue weighted by Crippen LogP contribution is 2.34. The number of aryl methyl sites for hydroxylation is 2. The molecule has 1 aromatic heterocycles. The number of hydrogen-bond acceptors (Lipinski definition) is 1. The average molecular weight is 245 g/mol. The van der Waals surface area contributed by atoms with E-state index in [9.17, 15) is 9.90 Å². The largest absolute Gasteiger partial charge is 0.481 e. The second-order valence-corrected chi connectivity index (χ2v) is 5.29. The van der Waals surface area contributed by atoms with Gasteiger partial charge in [-0.05, 0) is 50.5 Å². The Labute approximate surface area is 107 Å². The number of H-pyrrole nitrogens is 1. The molecule has 1 aromatic carbocycles. The third kappa shape index (κ3) is 1.80. The van der Waals surface area contributed by atoms with Crippen molar-refractivity contribution < 1.29 is 9.90 Å². The Bertz CT molecular complexity index is 608. The van der Waals surface area contributed by atoms with Crippen molar-refractivity contribution in [1.82, 2.24) is 4.98 Å². The van der Waals surface area contributed by atoms with Gasteiger partial charge in [-0.15, -0.1) is 0 Å². The minimum Gasteiger partial charge on any atom is -0.481 e. The second kappa shape index (κ2) is 4.16. The minimum atomic E-state index is -0.880. The molecule has 18 heavy (non-hydrogen) atoms. The Balaban J connectivity index is 2.76. The molecule has 0 saturated heterocycles. The fraction of sp³-hybridized carbons (Fsp3) is 0.400. The summed E-state index contributed by atoms with van der Waals surface area (Å²) in [5, 5.41) is 10.4. The normalized spacial score (nSPS) is 12.0. The highest BCUT2D eigenvalue weighted by molar-refractivity contribution is 5.93. The summed E-state index contributed by atoms with van der Waals surface area (Å²) >= 11 is 0.